The molecule has 4 nitrogen and oxygen atoms in total. The number of rotatable bonds is 8. The van der Waals surface area contributed by atoms with Crippen molar-refractivity contribution >= 4 is 16.7 Å². The molecule has 0 amide bonds. The molecular weight excluding hydrogens is 266 g/mol. The molecule has 21 heavy (non-hydrogen) atoms. The predicted molar refractivity (Wildman–Crippen MR) is 83.7 cm³/mol. The van der Waals surface area contributed by atoms with Gasteiger partial charge in [-0.25, -0.2) is 4.79 Å². The topological polar surface area (TPSA) is 58.6 Å². The highest BCUT2D eigenvalue weighted by Crippen LogP contribution is 2.28. The van der Waals surface area contributed by atoms with Crippen LogP contribution >= 0.6 is 0 Å². The Kier molecular flexibility index (Phi) is 5.58. The first-order valence-corrected chi connectivity index (χ1v) is 7.28. The van der Waals surface area contributed by atoms with Gasteiger partial charge in [0.25, 0.3) is 0 Å². The minimum Gasteiger partial charge on any atom is -0.482 e. The lowest BCUT2D eigenvalue weighted by Crippen LogP contribution is -2.17. The number of hydrogen-bond acceptors (Lipinski definition) is 3. The van der Waals surface area contributed by atoms with Crippen molar-refractivity contribution in [2.24, 2.45) is 0 Å². The zero-order chi connectivity index (χ0) is 15.1. The quantitative estimate of drug-likeness (QED) is 0.732. The molecule has 2 N–H and O–H groups in total. The van der Waals surface area contributed by atoms with Crippen molar-refractivity contribution in [3.63, 3.8) is 0 Å². The summed E-state index contributed by atoms with van der Waals surface area (Å²) in [7, 11) is 0. The highest BCUT2D eigenvalue weighted by atomic mass is 16.5. The van der Waals surface area contributed by atoms with E-state index in [9.17, 15) is 4.79 Å². The van der Waals surface area contributed by atoms with Crippen molar-refractivity contribution in [2.75, 3.05) is 13.2 Å². The van der Waals surface area contributed by atoms with Crippen LogP contribution in [-0.4, -0.2) is 24.2 Å². The van der Waals surface area contributed by atoms with E-state index in [0.29, 0.717) is 12.3 Å². The average molecular weight is 287 g/mol. The molecule has 0 heterocycles. The number of ether oxygens (including phenoxy) is 1. The summed E-state index contributed by atoms with van der Waals surface area (Å²) in [6.07, 6.45) is 2.26. The van der Waals surface area contributed by atoms with Gasteiger partial charge in [-0.2, -0.15) is 0 Å². The zero-order valence-electron chi connectivity index (χ0n) is 12.3. The summed E-state index contributed by atoms with van der Waals surface area (Å²) in [5.74, 6) is -0.326. The van der Waals surface area contributed by atoms with Crippen molar-refractivity contribution in [1.29, 1.82) is 0 Å². The first kappa shape index (κ1) is 15.3. The third-order valence-corrected chi connectivity index (χ3v) is 3.36. The van der Waals surface area contributed by atoms with Gasteiger partial charge in [0.1, 0.15) is 5.75 Å². The van der Waals surface area contributed by atoms with Gasteiger partial charge in [0, 0.05) is 12.1 Å². The molecule has 2 rings (SSSR count). The fourth-order valence-electron chi connectivity index (χ4n) is 2.29. The fourth-order valence-corrected chi connectivity index (χ4v) is 2.29. The summed E-state index contributed by atoms with van der Waals surface area (Å²) >= 11 is 0. The fraction of sp³-hybridized carbons (Fsp3) is 0.353. The van der Waals surface area contributed by atoms with Crippen molar-refractivity contribution in [3.05, 3.63) is 42.0 Å². The second-order valence-corrected chi connectivity index (χ2v) is 4.98. The smallest absolute Gasteiger partial charge is 0.341 e. The van der Waals surface area contributed by atoms with Gasteiger partial charge in [0.15, 0.2) is 6.61 Å². The number of unbranched alkanes of at least 4 members (excludes halogenated alkanes) is 1. The molecule has 0 radical (unpaired) electrons. The molecule has 112 valence electrons. The van der Waals surface area contributed by atoms with Crippen molar-refractivity contribution in [3.8, 4) is 5.75 Å². The minimum absolute atomic E-state index is 0.319. The maximum Gasteiger partial charge on any atom is 0.341 e. The molecule has 0 aromatic heterocycles. The van der Waals surface area contributed by atoms with Gasteiger partial charge in [-0.3, -0.25) is 0 Å². The van der Waals surface area contributed by atoms with Gasteiger partial charge < -0.3 is 15.2 Å². The molecule has 0 aliphatic rings. The van der Waals surface area contributed by atoms with Crippen LogP contribution in [0, 0.1) is 0 Å². The summed E-state index contributed by atoms with van der Waals surface area (Å²) in [5.41, 5.74) is 1.02. The van der Waals surface area contributed by atoms with Gasteiger partial charge in [-0.1, -0.05) is 43.7 Å². The third kappa shape index (κ3) is 4.20. The van der Waals surface area contributed by atoms with Crippen LogP contribution in [0.3, 0.4) is 0 Å². The van der Waals surface area contributed by atoms with E-state index in [0.717, 1.165) is 35.7 Å². The molecule has 0 saturated heterocycles. The van der Waals surface area contributed by atoms with Gasteiger partial charge in [0.2, 0.25) is 0 Å². The second kappa shape index (κ2) is 7.64. The Labute approximate surface area is 124 Å². The van der Waals surface area contributed by atoms with E-state index in [4.69, 9.17) is 9.84 Å². The Balaban J connectivity index is 2.25. The van der Waals surface area contributed by atoms with Gasteiger partial charge in [-0.15, -0.1) is 0 Å². The zero-order valence-corrected chi connectivity index (χ0v) is 12.3. The molecule has 2 aromatic carbocycles. The second-order valence-electron chi connectivity index (χ2n) is 4.98. The molecule has 0 saturated carbocycles. The summed E-state index contributed by atoms with van der Waals surface area (Å²) in [4.78, 5) is 10.7. The van der Waals surface area contributed by atoms with Crippen LogP contribution in [0.5, 0.6) is 5.75 Å². The molecule has 0 spiro atoms. The Morgan fingerprint density at radius 3 is 2.81 bits per heavy atom. The molecule has 4 heteroatoms. The predicted octanol–water partition coefficient (Wildman–Crippen LogP) is 3.19. The molecule has 0 fully saturated rings. The molecule has 0 unspecified atom stereocenters. The van der Waals surface area contributed by atoms with Gasteiger partial charge in [-0.05, 0) is 29.8 Å². The van der Waals surface area contributed by atoms with E-state index in [2.05, 4.69) is 12.2 Å². The molecular formula is C17H21NO3. The van der Waals surface area contributed by atoms with Crippen LogP contribution in [-0.2, 0) is 11.3 Å². The number of carboxylic acid groups (broad SMARTS) is 1. The summed E-state index contributed by atoms with van der Waals surface area (Å²) in [6, 6.07) is 11.9. The summed E-state index contributed by atoms with van der Waals surface area (Å²) < 4.78 is 5.42. The monoisotopic (exact) mass is 287 g/mol. The van der Waals surface area contributed by atoms with Crippen LogP contribution in [0.4, 0.5) is 0 Å². The van der Waals surface area contributed by atoms with E-state index < -0.39 is 5.97 Å². The SMILES string of the molecule is CCCCNCc1c(OCC(=O)O)ccc2ccccc12. The number of aliphatic carboxylic acids is 1. The highest BCUT2D eigenvalue weighted by molar-refractivity contribution is 5.87. The average Bonchev–Trinajstić information content (AvgIpc) is 2.50. The van der Waals surface area contributed by atoms with E-state index >= 15 is 0 Å². The molecule has 0 bridgehead atoms. The van der Waals surface area contributed by atoms with Gasteiger partial charge >= 0.3 is 5.97 Å². The summed E-state index contributed by atoms with van der Waals surface area (Å²) in [5, 5.41) is 14.4. The van der Waals surface area contributed by atoms with E-state index in [1.807, 2.05) is 36.4 Å². The number of fused-ring (bicyclic) bond motifs is 1. The lowest BCUT2D eigenvalue weighted by molar-refractivity contribution is -0.139. The molecule has 0 aliphatic carbocycles. The van der Waals surface area contributed by atoms with E-state index in [1.165, 1.54) is 0 Å². The molecule has 0 aliphatic heterocycles. The largest absolute Gasteiger partial charge is 0.482 e. The Hall–Kier alpha value is -2.07. The lowest BCUT2D eigenvalue weighted by atomic mass is 10.0. The van der Waals surface area contributed by atoms with E-state index in [-0.39, 0.29) is 6.61 Å². The number of carbonyl (C=O) groups is 1. The number of hydrogen-bond donors (Lipinski definition) is 2. The van der Waals surface area contributed by atoms with Crippen molar-refractivity contribution in [2.45, 2.75) is 26.3 Å². The maximum atomic E-state index is 10.7. The minimum atomic E-state index is -0.965. The highest BCUT2D eigenvalue weighted by Gasteiger charge is 2.10. The third-order valence-electron chi connectivity index (χ3n) is 3.36. The van der Waals surface area contributed by atoms with Gasteiger partial charge in [0.05, 0.1) is 0 Å². The normalized spacial score (nSPS) is 10.7. The van der Waals surface area contributed by atoms with Crippen LogP contribution in [0.25, 0.3) is 10.8 Å². The Morgan fingerprint density at radius 1 is 1.24 bits per heavy atom. The molecule has 0 atom stereocenters. The number of benzene rings is 2. The molecule has 2 aromatic rings. The van der Waals surface area contributed by atoms with Crippen molar-refractivity contribution in [1.82, 2.24) is 5.32 Å². The van der Waals surface area contributed by atoms with Crippen LogP contribution < -0.4 is 10.1 Å². The van der Waals surface area contributed by atoms with Crippen LogP contribution in [0.2, 0.25) is 0 Å². The number of nitrogens with one attached hydrogen (secondary N) is 1. The standard InChI is InChI=1S/C17H21NO3/c1-2-3-10-18-11-15-14-7-5-4-6-13(14)8-9-16(15)21-12-17(19)20/h4-9,18H,2-3,10-12H2,1H3,(H,19,20). The Bertz CT molecular complexity index is 610. The van der Waals surface area contributed by atoms with Crippen LogP contribution in [0.1, 0.15) is 25.3 Å². The lowest BCUT2D eigenvalue weighted by Gasteiger charge is -2.14. The number of carboxylic acids is 1. The Morgan fingerprint density at radius 2 is 2.05 bits per heavy atom. The van der Waals surface area contributed by atoms with Crippen LogP contribution in [0.15, 0.2) is 36.4 Å². The first-order chi connectivity index (χ1) is 10.2. The van der Waals surface area contributed by atoms with Crippen molar-refractivity contribution < 1.29 is 14.6 Å². The first-order valence-electron chi connectivity index (χ1n) is 7.28. The summed E-state index contributed by atoms with van der Waals surface area (Å²) in [6.45, 7) is 3.45. The maximum absolute atomic E-state index is 10.7. The van der Waals surface area contributed by atoms with E-state index in [1.54, 1.807) is 0 Å².